The van der Waals surface area contributed by atoms with E-state index in [1.165, 1.54) is 0 Å². The first-order valence-electron chi connectivity index (χ1n) is 10.7. The van der Waals surface area contributed by atoms with Gasteiger partial charge < -0.3 is 14.9 Å². The molecule has 1 amide bonds. The Bertz CT molecular complexity index is 1010. The van der Waals surface area contributed by atoms with Gasteiger partial charge in [-0.25, -0.2) is 0 Å². The standard InChI is InChI=1S/C25H29N3O2/c1-3-28(24-10-6-8-20-7-4-5-9-23(20)24)25(30)19(2)26-15-17-27(18-16-26)21-11-13-22(29)14-12-21/h4-14,19,29H,3,15-18H2,1-2H3/t19-/m0/s1. The number of hydrogen-bond acceptors (Lipinski definition) is 4. The number of carbonyl (C=O) groups excluding carboxylic acids is 1. The number of benzene rings is 3. The van der Waals surface area contributed by atoms with Crippen molar-refractivity contribution in [3.8, 4) is 5.75 Å². The van der Waals surface area contributed by atoms with Crippen LogP contribution in [0.5, 0.6) is 5.75 Å². The van der Waals surface area contributed by atoms with E-state index in [0.717, 1.165) is 48.3 Å². The molecule has 0 saturated carbocycles. The van der Waals surface area contributed by atoms with Crippen molar-refractivity contribution < 1.29 is 9.90 Å². The zero-order valence-electron chi connectivity index (χ0n) is 17.7. The van der Waals surface area contributed by atoms with Gasteiger partial charge in [-0.15, -0.1) is 0 Å². The van der Waals surface area contributed by atoms with Crippen LogP contribution in [-0.2, 0) is 4.79 Å². The lowest BCUT2D eigenvalue weighted by Gasteiger charge is -2.40. The number of carbonyl (C=O) groups is 1. The van der Waals surface area contributed by atoms with Gasteiger partial charge in [0.05, 0.1) is 11.7 Å². The van der Waals surface area contributed by atoms with Gasteiger partial charge in [0.15, 0.2) is 0 Å². The van der Waals surface area contributed by atoms with Crippen LogP contribution in [-0.4, -0.2) is 54.7 Å². The van der Waals surface area contributed by atoms with E-state index in [4.69, 9.17) is 0 Å². The monoisotopic (exact) mass is 403 g/mol. The normalized spacial score (nSPS) is 15.9. The summed E-state index contributed by atoms with van der Waals surface area (Å²) in [4.78, 5) is 19.9. The largest absolute Gasteiger partial charge is 0.508 e. The minimum atomic E-state index is -0.175. The summed E-state index contributed by atoms with van der Waals surface area (Å²) in [5, 5.41) is 11.8. The molecule has 4 rings (SSSR count). The zero-order chi connectivity index (χ0) is 21.1. The highest BCUT2D eigenvalue weighted by molar-refractivity contribution is 6.05. The van der Waals surface area contributed by atoms with Crippen molar-refractivity contribution in [1.82, 2.24) is 4.90 Å². The number of hydrogen-bond donors (Lipinski definition) is 1. The van der Waals surface area contributed by atoms with E-state index in [0.29, 0.717) is 6.54 Å². The molecule has 1 N–H and O–H groups in total. The van der Waals surface area contributed by atoms with Gasteiger partial charge in [-0.2, -0.15) is 0 Å². The number of likely N-dealkylation sites (N-methyl/N-ethyl adjacent to an activating group) is 1. The molecule has 1 aliphatic heterocycles. The van der Waals surface area contributed by atoms with Gasteiger partial charge >= 0.3 is 0 Å². The smallest absolute Gasteiger partial charge is 0.244 e. The second-order valence-electron chi connectivity index (χ2n) is 7.80. The summed E-state index contributed by atoms with van der Waals surface area (Å²) in [6.45, 7) is 8.10. The topological polar surface area (TPSA) is 47.0 Å². The van der Waals surface area contributed by atoms with Gasteiger partial charge in [0.2, 0.25) is 5.91 Å². The Morgan fingerprint density at radius 3 is 2.33 bits per heavy atom. The van der Waals surface area contributed by atoms with Crippen LogP contribution in [0.2, 0.25) is 0 Å². The molecule has 0 bridgehead atoms. The average molecular weight is 404 g/mol. The fraction of sp³-hybridized carbons (Fsp3) is 0.320. The molecule has 5 heteroatoms. The minimum absolute atomic E-state index is 0.145. The second kappa shape index (κ2) is 8.76. The quantitative estimate of drug-likeness (QED) is 0.697. The van der Waals surface area contributed by atoms with Crippen LogP contribution in [0.15, 0.2) is 66.7 Å². The van der Waals surface area contributed by atoms with Crippen LogP contribution in [0.3, 0.4) is 0 Å². The molecule has 5 nitrogen and oxygen atoms in total. The molecule has 30 heavy (non-hydrogen) atoms. The molecular formula is C25H29N3O2. The SMILES string of the molecule is CCN(C(=O)[C@H](C)N1CCN(c2ccc(O)cc2)CC1)c1cccc2ccccc12. The van der Waals surface area contributed by atoms with E-state index in [2.05, 4.69) is 28.0 Å². The summed E-state index contributed by atoms with van der Waals surface area (Å²) in [5.74, 6) is 0.427. The fourth-order valence-electron chi connectivity index (χ4n) is 4.30. The van der Waals surface area contributed by atoms with Crippen molar-refractivity contribution in [2.75, 3.05) is 42.5 Å². The summed E-state index contributed by atoms with van der Waals surface area (Å²) in [6, 6.07) is 21.5. The molecule has 0 aromatic heterocycles. The molecule has 3 aromatic rings. The van der Waals surface area contributed by atoms with Gasteiger partial charge in [0, 0.05) is 43.8 Å². The van der Waals surface area contributed by atoms with E-state index in [1.807, 2.05) is 55.1 Å². The van der Waals surface area contributed by atoms with Crippen LogP contribution in [0, 0.1) is 0 Å². The number of nitrogens with zero attached hydrogens (tertiary/aromatic N) is 3. The predicted octanol–water partition coefficient (Wildman–Crippen LogP) is 4.11. The Morgan fingerprint density at radius 1 is 0.967 bits per heavy atom. The lowest BCUT2D eigenvalue weighted by molar-refractivity contribution is -0.123. The number of piperazine rings is 1. The van der Waals surface area contributed by atoms with Crippen LogP contribution >= 0.6 is 0 Å². The van der Waals surface area contributed by atoms with Crippen molar-refractivity contribution >= 4 is 28.1 Å². The molecule has 1 atom stereocenters. The van der Waals surface area contributed by atoms with Gasteiger partial charge in [-0.05, 0) is 49.6 Å². The van der Waals surface area contributed by atoms with E-state index < -0.39 is 0 Å². The third-order valence-corrected chi connectivity index (χ3v) is 6.07. The van der Waals surface area contributed by atoms with Crippen molar-refractivity contribution in [3.63, 3.8) is 0 Å². The fourth-order valence-corrected chi connectivity index (χ4v) is 4.30. The number of aromatic hydroxyl groups is 1. The molecule has 1 saturated heterocycles. The summed E-state index contributed by atoms with van der Waals surface area (Å²) in [5.41, 5.74) is 2.09. The van der Waals surface area contributed by atoms with Crippen molar-refractivity contribution in [1.29, 1.82) is 0 Å². The Labute approximate surface area is 178 Å². The number of rotatable bonds is 5. The maximum Gasteiger partial charge on any atom is 0.244 e. The number of fused-ring (bicyclic) bond motifs is 1. The molecular weight excluding hydrogens is 374 g/mol. The molecule has 0 radical (unpaired) electrons. The maximum absolute atomic E-state index is 13.4. The zero-order valence-corrected chi connectivity index (χ0v) is 17.7. The first-order valence-corrected chi connectivity index (χ1v) is 10.7. The highest BCUT2D eigenvalue weighted by Crippen LogP contribution is 2.28. The summed E-state index contributed by atoms with van der Waals surface area (Å²) in [7, 11) is 0. The Hall–Kier alpha value is -3.05. The van der Waals surface area contributed by atoms with Crippen LogP contribution in [0.25, 0.3) is 10.8 Å². The highest BCUT2D eigenvalue weighted by atomic mass is 16.3. The van der Waals surface area contributed by atoms with Crippen molar-refractivity contribution in [2.45, 2.75) is 19.9 Å². The van der Waals surface area contributed by atoms with E-state index in [-0.39, 0.29) is 17.7 Å². The van der Waals surface area contributed by atoms with Gasteiger partial charge in [0.25, 0.3) is 0 Å². The lowest BCUT2D eigenvalue weighted by Crippen LogP contribution is -2.54. The van der Waals surface area contributed by atoms with Crippen LogP contribution in [0.4, 0.5) is 11.4 Å². The van der Waals surface area contributed by atoms with Crippen LogP contribution in [0.1, 0.15) is 13.8 Å². The molecule has 3 aromatic carbocycles. The number of anilines is 2. The minimum Gasteiger partial charge on any atom is -0.508 e. The number of phenols is 1. The third-order valence-electron chi connectivity index (χ3n) is 6.07. The molecule has 0 spiro atoms. The summed E-state index contributed by atoms with van der Waals surface area (Å²) >= 11 is 0. The highest BCUT2D eigenvalue weighted by Gasteiger charge is 2.29. The summed E-state index contributed by atoms with van der Waals surface area (Å²) < 4.78 is 0. The Kier molecular flexibility index (Phi) is 5.91. The first-order chi connectivity index (χ1) is 14.6. The maximum atomic E-state index is 13.4. The molecule has 1 aliphatic rings. The van der Waals surface area contributed by atoms with E-state index in [9.17, 15) is 9.90 Å². The van der Waals surface area contributed by atoms with Gasteiger partial charge in [-0.3, -0.25) is 9.69 Å². The number of phenolic OH excluding ortho intramolecular Hbond substituents is 1. The second-order valence-corrected chi connectivity index (χ2v) is 7.80. The first kappa shape index (κ1) is 20.2. The molecule has 0 aliphatic carbocycles. The molecule has 1 heterocycles. The van der Waals surface area contributed by atoms with Gasteiger partial charge in [0.1, 0.15) is 5.75 Å². The Morgan fingerprint density at radius 2 is 1.63 bits per heavy atom. The molecule has 1 fully saturated rings. The lowest BCUT2D eigenvalue weighted by atomic mass is 10.1. The molecule has 0 unspecified atom stereocenters. The van der Waals surface area contributed by atoms with Crippen LogP contribution < -0.4 is 9.80 Å². The van der Waals surface area contributed by atoms with E-state index >= 15 is 0 Å². The van der Waals surface area contributed by atoms with Crippen molar-refractivity contribution in [2.24, 2.45) is 0 Å². The Balaban J connectivity index is 1.47. The van der Waals surface area contributed by atoms with E-state index in [1.54, 1.807) is 12.1 Å². The van der Waals surface area contributed by atoms with Crippen molar-refractivity contribution in [3.05, 3.63) is 66.7 Å². The number of amides is 1. The van der Waals surface area contributed by atoms with Gasteiger partial charge in [-0.1, -0.05) is 36.4 Å². The average Bonchev–Trinajstić information content (AvgIpc) is 2.80. The summed E-state index contributed by atoms with van der Waals surface area (Å²) in [6.07, 6.45) is 0. The predicted molar refractivity (Wildman–Crippen MR) is 123 cm³/mol. The third kappa shape index (κ3) is 3.98. The molecule has 156 valence electrons.